The van der Waals surface area contributed by atoms with Crippen molar-refractivity contribution in [2.45, 2.75) is 13.0 Å². The number of benzene rings is 1. The standard InChI is InChI=1S/C16H21N3O/c1-17-9-13-7-8-19(11-13)12-16-18-10-15(20-16)14-5-3-2-4-6-14/h2-6,10,13,17H,7-9,11-12H2,1H3. The Bertz CT molecular complexity index is 538. The van der Waals surface area contributed by atoms with Crippen molar-refractivity contribution in [1.29, 1.82) is 0 Å². The first-order valence-electron chi connectivity index (χ1n) is 7.22. The molecule has 4 heteroatoms. The minimum absolute atomic E-state index is 0.753. The zero-order valence-corrected chi connectivity index (χ0v) is 11.9. The van der Waals surface area contributed by atoms with E-state index in [9.17, 15) is 0 Å². The number of likely N-dealkylation sites (tertiary alicyclic amines) is 1. The Labute approximate surface area is 119 Å². The van der Waals surface area contributed by atoms with Crippen molar-refractivity contribution in [2.24, 2.45) is 5.92 Å². The van der Waals surface area contributed by atoms with Crippen LogP contribution < -0.4 is 5.32 Å². The topological polar surface area (TPSA) is 41.3 Å². The lowest BCUT2D eigenvalue weighted by Gasteiger charge is -2.13. The molecule has 1 N–H and O–H groups in total. The molecular formula is C16H21N3O. The van der Waals surface area contributed by atoms with Gasteiger partial charge >= 0.3 is 0 Å². The van der Waals surface area contributed by atoms with Crippen LogP contribution in [0.4, 0.5) is 0 Å². The summed E-state index contributed by atoms with van der Waals surface area (Å²) in [4.78, 5) is 6.82. The molecule has 0 saturated carbocycles. The second kappa shape index (κ2) is 6.20. The number of oxazole rings is 1. The summed E-state index contributed by atoms with van der Waals surface area (Å²) < 4.78 is 5.86. The fraction of sp³-hybridized carbons (Fsp3) is 0.438. The summed E-state index contributed by atoms with van der Waals surface area (Å²) in [6.07, 6.45) is 3.08. The van der Waals surface area contributed by atoms with E-state index in [0.717, 1.165) is 49.3 Å². The molecule has 20 heavy (non-hydrogen) atoms. The first-order valence-corrected chi connectivity index (χ1v) is 7.22. The molecule has 1 fully saturated rings. The van der Waals surface area contributed by atoms with Gasteiger partial charge in [-0.15, -0.1) is 0 Å². The van der Waals surface area contributed by atoms with Crippen LogP contribution in [0.1, 0.15) is 12.3 Å². The smallest absolute Gasteiger partial charge is 0.209 e. The molecule has 0 spiro atoms. The molecule has 4 nitrogen and oxygen atoms in total. The molecular weight excluding hydrogens is 250 g/mol. The normalized spacial score (nSPS) is 19.6. The number of rotatable bonds is 5. The highest BCUT2D eigenvalue weighted by molar-refractivity contribution is 5.55. The van der Waals surface area contributed by atoms with E-state index in [1.54, 1.807) is 0 Å². The number of nitrogens with one attached hydrogen (secondary N) is 1. The van der Waals surface area contributed by atoms with E-state index in [-0.39, 0.29) is 0 Å². The van der Waals surface area contributed by atoms with E-state index in [0.29, 0.717) is 0 Å². The summed E-state index contributed by atoms with van der Waals surface area (Å²) in [6, 6.07) is 10.1. The third-order valence-corrected chi connectivity index (χ3v) is 3.83. The van der Waals surface area contributed by atoms with E-state index in [1.165, 1.54) is 6.42 Å². The van der Waals surface area contributed by atoms with Crippen LogP contribution in [0.5, 0.6) is 0 Å². The molecule has 1 atom stereocenters. The number of nitrogens with zero attached hydrogens (tertiary/aromatic N) is 2. The minimum atomic E-state index is 0.753. The predicted molar refractivity (Wildman–Crippen MR) is 79.2 cm³/mol. The highest BCUT2D eigenvalue weighted by atomic mass is 16.4. The zero-order valence-electron chi connectivity index (χ0n) is 11.9. The van der Waals surface area contributed by atoms with E-state index in [1.807, 2.05) is 43.6 Å². The molecule has 2 heterocycles. The fourth-order valence-electron chi connectivity index (χ4n) is 2.82. The average molecular weight is 271 g/mol. The summed E-state index contributed by atoms with van der Waals surface area (Å²) in [7, 11) is 2.02. The van der Waals surface area contributed by atoms with Crippen molar-refractivity contribution in [3.63, 3.8) is 0 Å². The number of hydrogen-bond donors (Lipinski definition) is 1. The van der Waals surface area contributed by atoms with Crippen LogP contribution in [-0.2, 0) is 6.54 Å². The summed E-state index contributed by atoms with van der Waals surface area (Å²) in [5, 5.41) is 3.25. The van der Waals surface area contributed by atoms with Gasteiger partial charge in [-0.3, -0.25) is 4.90 Å². The van der Waals surface area contributed by atoms with Crippen LogP contribution >= 0.6 is 0 Å². The van der Waals surface area contributed by atoms with Crippen molar-refractivity contribution < 1.29 is 4.42 Å². The van der Waals surface area contributed by atoms with Crippen LogP contribution in [0.15, 0.2) is 40.9 Å². The van der Waals surface area contributed by atoms with Crippen LogP contribution in [0.2, 0.25) is 0 Å². The Balaban J connectivity index is 1.61. The average Bonchev–Trinajstić information content (AvgIpc) is 3.11. The lowest BCUT2D eigenvalue weighted by molar-refractivity contribution is 0.281. The molecule has 1 saturated heterocycles. The quantitative estimate of drug-likeness (QED) is 0.906. The summed E-state index contributed by atoms with van der Waals surface area (Å²) in [5.74, 6) is 2.42. The van der Waals surface area contributed by atoms with Gasteiger partial charge in [0.1, 0.15) is 0 Å². The maximum Gasteiger partial charge on any atom is 0.209 e. The van der Waals surface area contributed by atoms with Crippen LogP contribution in [0, 0.1) is 5.92 Å². The van der Waals surface area contributed by atoms with Gasteiger partial charge in [-0.1, -0.05) is 30.3 Å². The Morgan fingerprint density at radius 2 is 2.20 bits per heavy atom. The lowest BCUT2D eigenvalue weighted by atomic mass is 10.1. The molecule has 1 aromatic carbocycles. The summed E-state index contributed by atoms with van der Waals surface area (Å²) >= 11 is 0. The van der Waals surface area contributed by atoms with Gasteiger partial charge in [-0.25, -0.2) is 4.98 Å². The highest BCUT2D eigenvalue weighted by Gasteiger charge is 2.23. The number of aromatic nitrogens is 1. The van der Waals surface area contributed by atoms with Crippen LogP contribution in [0.3, 0.4) is 0 Å². The van der Waals surface area contributed by atoms with E-state index < -0.39 is 0 Å². The van der Waals surface area contributed by atoms with E-state index in [2.05, 4.69) is 15.2 Å². The minimum Gasteiger partial charge on any atom is -0.439 e. The monoisotopic (exact) mass is 271 g/mol. The molecule has 1 aromatic heterocycles. The molecule has 1 aliphatic heterocycles. The van der Waals surface area contributed by atoms with Gasteiger partial charge in [-0.05, 0) is 32.5 Å². The first kappa shape index (κ1) is 13.3. The Morgan fingerprint density at radius 3 is 3.00 bits per heavy atom. The molecule has 106 valence electrons. The second-order valence-electron chi connectivity index (χ2n) is 5.43. The van der Waals surface area contributed by atoms with E-state index in [4.69, 9.17) is 4.42 Å². The Hall–Kier alpha value is -1.65. The lowest BCUT2D eigenvalue weighted by Crippen LogP contribution is -2.24. The third-order valence-electron chi connectivity index (χ3n) is 3.83. The zero-order chi connectivity index (χ0) is 13.8. The maximum absolute atomic E-state index is 5.86. The van der Waals surface area contributed by atoms with Gasteiger partial charge in [0.05, 0.1) is 12.7 Å². The fourth-order valence-corrected chi connectivity index (χ4v) is 2.82. The van der Waals surface area contributed by atoms with Gasteiger partial charge in [0.15, 0.2) is 5.76 Å². The van der Waals surface area contributed by atoms with Crippen molar-refractivity contribution in [3.05, 3.63) is 42.4 Å². The SMILES string of the molecule is CNCC1CCN(Cc2ncc(-c3ccccc3)o2)C1. The predicted octanol–water partition coefficient (Wildman–Crippen LogP) is 2.38. The molecule has 0 bridgehead atoms. The van der Waals surface area contributed by atoms with Crippen LogP contribution in [-0.4, -0.2) is 36.6 Å². The summed E-state index contributed by atoms with van der Waals surface area (Å²) in [6.45, 7) is 4.17. The maximum atomic E-state index is 5.86. The second-order valence-corrected chi connectivity index (χ2v) is 5.43. The molecule has 0 amide bonds. The van der Waals surface area contributed by atoms with Gasteiger partial charge < -0.3 is 9.73 Å². The van der Waals surface area contributed by atoms with Gasteiger partial charge in [0.25, 0.3) is 0 Å². The third kappa shape index (κ3) is 3.08. The van der Waals surface area contributed by atoms with Crippen LogP contribution in [0.25, 0.3) is 11.3 Å². The Morgan fingerprint density at radius 1 is 1.35 bits per heavy atom. The molecule has 1 aliphatic rings. The largest absolute Gasteiger partial charge is 0.439 e. The molecule has 0 aliphatic carbocycles. The molecule has 3 rings (SSSR count). The van der Waals surface area contributed by atoms with E-state index >= 15 is 0 Å². The molecule has 0 radical (unpaired) electrons. The van der Waals surface area contributed by atoms with Crippen molar-refractivity contribution in [1.82, 2.24) is 15.2 Å². The van der Waals surface area contributed by atoms with Crippen molar-refractivity contribution >= 4 is 0 Å². The van der Waals surface area contributed by atoms with Gasteiger partial charge in [0.2, 0.25) is 5.89 Å². The van der Waals surface area contributed by atoms with Crippen molar-refractivity contribution in [3.8, 4) is 11.3 Å². The molecule has 2 aromatic rings. The molecule has 1 unspecified atom stereocenters. The summed E-state index contributed by atoms with van der Waals surface area (Å²) in [5.41, 5.74) is 1.08. The highest BCUT2D eigenvalue weighted by Crippen LogP contribution is 2.22. The van der Waals surface area contributed by atoms with Gasteiger partial charge in [-0.2, -0.15) is 0 Å². The Kier molecular flexibility index (Phi) is 4.14. The van der Waals surface area contributed by atoms with Crippen molar-refractivity contribution in [2.75, 3.05) is 26.7 Å². The first-order chi connectivity index (χ1) is 9.85. The number of hydrogen-bond acceptors (Lipinski definition) is 4. The van der Waals surface area contributed by atoms with Gasteiger partial charge in [0, 0.05) is 12.1 Å².